The Morgan fingerprint density at radius 2 is 1.58 bits per heavy atom. The molecule has 0 bridgehead atoms. The van der Waals surface area contributed by atoms with Crippen molar-refractivity contribution in [3.63, 3.8) is 0 Å². The van der Waals surface area contributed by atoms with E-state index in [9.17, 15) is 31.2 Å². The van der Waals surface area contributed by atoms with E-state index in [1.165, 1.54) is 31.2 Å². The van der Waals surface area contributed by atoms with Crippen LogP contribution >= 0.6 is 0 Å². The molecule has 0 saturated carbocycles. The van der Waals surface area contributed by atoms with Crippen molar-refractivity contribution in [2.24, 2.45) is 0 Å². The summed E-state index contributed by atoms with van der Waals surface area (Å²) >= 11 is 0. The van der Waals surface area contributed by atoms with Crippen molar-refractivity contribution in [1.29, 1.82) is 0 Å². The van der Waals surface area contributed by atoms with Gasteiger partial charge in [-0.1, -0.05) is 12.1 Å². The fraction of sp³-hybridized carbons (Fsp3) is 0.364. The fourth-order valence-electron chi connectivity index (χ4n) is 3.03. The van der Waals surface area contributed by atoms with Gasteiger partial charge >= 0.3 is 0 Å². The van der Waals surface area contributed by atoms with Gasteiger partial charge in [-0.2, -0.15) is 0 Å². The van der Waals surface area contributed by atoms with Gasteiger partial charge in [0.2, 0.25) is 21.8 Å². The molecular weight excluding hydrogens is 459 g/mol. The van der Waals surface area contributed by atoms with E-state index in [4.69, 9.17) is 0 Å². The lowest BCUT2D eigenvalue weighted by Crippen LogP contribution is -2.52. The molecule has 2 amide bonds. The highest BCUT2D eigenvalue weighted by molar-refractivity contribution is 7.92. The van der Waals surface area contributed by atoms with Crippen molar-refractivity contribution in [3.8, 4) is 0 Å². The van der Waals surface area contributed by atoms with Crippen LogP contribution in [0.5, 0.6) is 0 Å². The highest BCUT2D eigenvalue weighted by atomic mass is 32.2. The highest BCUT2D eigenvalue weighted by Crippen LogP contribution is 2.21. The Kier molecular flexibility index (Phi) is 8.48. The van der Waals surface area contributed by atoms with Crippen LogP contribution < -0.4 is 9.62 Å². The minimum Gasteiger partial charge on any atom is -0.352 e. The van der Waals surface area contributed by atoms with Gasteiger partial charge in [-0.3, -0.25) is 13.9 Å². The summed E-state index contributed by atoms with van der Waals surface area (Å²) in [6.07, 6.45) is 0.820. The lowest BCUT2D eigenvalue weighted by molar-refractivity contribution is -0.139. The van der Waals surface area contributed by atoms with Gasteiger partial charge in [-0.25, -0.2) is 21.6 Å². The van der Waals surface area contributed by atoms with Gasteiger partial charge in [0.1, 0.15) is 18.4 Å². The van der Waals surface area contributed by atoms with Gasteiger partial charge < -0.3 is 10.2 Å². The number of amides is 2. The average molecular weight is 486 g/mol. The zero-order valence-corrected chi connectivity index (χ0v) is 19.5. The topological polar surface area (TPSA) is 86.8 Å². The second kappa shape index (κ2) is 10.7. The maximum atomic E-state index is 13.7. The zero-order chi connectivity index (χ0) is 24.9. The van der Waals surface area contributed by atoms with Crippen LogP contribution in [0, 0.1) is 17.5 Å². The van der Waals surface area contributed by atoms with Crippen LogP contribution in [0.25, 0.3) is 0 Å². The first-order valence-electron chi connectivity index (χ1n) is 10.1. The Labute approximate surface area is 191 Å². The molecular formula is C22H26F3N3O4S. The van der Waals surface area contributed by atoms with E-state index in [0.717, 1.165) is 23.3 Å². The number of halogens is 3. The van der Waals surface area contributed by atoms with Crippen LogP contribution in [0.3, 0.4) is 0 Å². The largest absolute Gasteiger partial charge is 0.352 e. The number of hydrogen-bond donors (Lipinski definition) is 1. The predicted molar refractivity (Wildman–Crippen MR) is 118 cm³/mol. The number of sulfonamides is 1. The molecule has 0 aliphatic rings. The number of carbonyl (C=O) groups excluding carboxylic acids is 2. The molecule has 2 aromatic rings. The quantitative estimate of drug-likeness (QED) is 0.592. The van der Waals surface area contributed by atoms with Gasteiger partial charge in [0.25, 0.3) is 0 Å². The van der Waals surface area contributed by atoms with Crippen LogP contribution in [0.15, 0.2) is 42.5 Å². The van der Waals surface area contributed by atoms with Gasteiger partial charge in [0.05, 0.1) is 11.9 Å². The molecule has 0 unspecified atom stereocenters. The number of carbonyl (C=O) groups is 2. The smallest absolute Gasteiger partial charge is 0.244 e. The first kappa shape index (κ1) is 26.2. The zero-order valence-electron chi connectivity index (χ0n) is 18.7. The summed E-state index contributed by atoms with van der Waals surface area (Å²) in [4.78, 5) is 27.0. The van der Waals surface area contributed by atoms with E-state index in [0.29, 0.717) is 15.9 Å². The van der Waals surface area contributed by atoms with Gasteiger partial charge in [0, 0.05) is 18.7 Å². The third kappa shape index (κ3) is 7.21. The minimum absolute atomic E-state index is 0.110. The lowest BCUT2D eigenvalue weighted by atomic mass is 10.1. The number of rotatable bonds is 9. The SMILES string of the molecule is CC(C)NC(=O)[C@H](C)N(Cc1ccc(F)cc1)C(=O)CN(c1ccc(F)c(F)c1)S(C)(=O)=O. The molecule has 180 valence electrons. The first-order chi connectivity index (χ1) is 15.3. The second-order valence-corrected chi connectivity index (χ2v) is 9.76. The maximum Gasteiger partial charge on any atom is 0.244 e. The molecule has 0 aromatic heterocycles. The van der Waals surface area contributed by atoms with Crippen molar-refractivity contribution >= 4 is 27.5 Å². The summed E-state index contributed by atoms with van der Waals surface area (Å²) < 4.78 is 65.7. The fourth-order valence-corrected chi connectivity index (χ4v) is 3.87. The Hall–Kier alpha value is -3.08. The summed E-state index contributed by atoms with van der Waals surface area (Å²) in [6, 6.07) is 6.51. The standard InChI is InChI=1S/C22H26F3N3O4S/c1-14(2)26-22(30)15(3)27(12-16-5-7-17(23)8-6-16)21(29)13-28(33(4,31)32)18-9-10-19(24)20(25)11-18/h5-11,14-15H,12-13H2,1-4H3,(H,26,30)/t15-/m0/s1. The Bertz CT molecular complexity index is 1110. The molecule has 2 aromatic carbocycles. The molecule has 1 N–H and O–H groups in total. The molecule has 0 fully saturated rings. The molecule has 11 heteroatoms. The first-order valence-corrected chi connectivity index (χ1v) is 11.9. The van der Waals surface area contributed by atoms with Gasteiger partial charge in [0.15, 0.2) is 11.6 Å². The van der Waals surface area contributed by atoms with E-state index in [1.54, 1.807) is 13.8 Å². The number of nitrogens with zero attached hydrogens (tertiary/aromatic N) is 2. The third-order valence-corrected chi connectivity index (χ3v) is 5.88. The summed E-state index contributed by atoms with van der Waals surface area (Å²) in [7, 11) is -4.07. The molecule has 0 heterocycles. The normalized spacial score (nSPS) is 12.4. The molecule has 1 atom stereocenters. The number of hydrogen-bond acceptors (Lipinski definition) is 4. The van der Waals surface area contributed by atoms with Crippen molar-refractivity contribution in [1.82, 2.24) is 10.2 Å². The summed E-state index contributed by atoms with van der Waals surface area (Å²) in [5.41, 5.74) is 0.262. The molecule has 2 rings (SSSR count). The molecule has 0 radical (unpaired) electrons. The van der Waals surface area contributed by atoms with Crippen molar-refractivity contribution < 1.29 is 31.2 Å². The predicted octanol–water partition coefficient (Wildman–Crippen LogP) is 2.81. The molecule has 7 nitrogen and oxygen atoms in total. The van der Waals surface area contributed by atoms with Gasteiger partial charge in [-0.05, 0) is 50.6 Å². The lowest BCUT2D eigenvalue weighted by Gasteiger charge is -2.31. The van der Waals surface area contributed by atoms with Crippen LogP contribution in [0.2, 0.25) is 0 Å². The van der Waals surface area contributed by atoms with E-state index >= 15 is 0 Å². The Balaban J connectivity index is 2.40. The van der Waals surface area contributed by atoms with Crippen molar-refractivity contribution in [3.05, 3.63) is 65.5 Å². The molecule has 0 spiro atoms. The maximum absolute atomic E-state index is 13.7. The Morgan fingerprint density at radius 1 is 0.970 bits per heavy atom. The van der Waals surface area contributed by atoms with E-state index in [2.05, 4.69) is 5.32 Å². The van der Waals surface area contributed by atoms with Crippen LogP contribution in [0.1, 0.15) is 26.3 Å². The molecule has 0 saturated heterocycles. The Morgan fingerprint density at radius 3 is 2.09 bits per heavy atom. The summed E-state index contributed by atoms with van der Waals surface area (Å²) in [5, 5.41) is 2.69. The molecule has 0 aliphatic heterocycles. The van der Waals surface area contributed by atoms with Gasteiger partial charge in [-0.15, -0.1) is 0 Å². The second-order valence-electron chi connectivity index (χ2n) is 7.86. The average Bonchev–Trinajstić information content (AvgIpc) is 2.71. The molecule has 0 aliphatic carbocycles. The van der Waals surface area contributed by atoms with Crippen LogP contribution in [-0.4, -0.2) is 50.0 Å². The monoisotopic (exact) mass is 485 g/mol. The highest BCUT2D eigenvalue weighted by Gasteiger charge is 2.30. The van der Waals surface area contributed by atoms with Crippen molar-refractivity contribution in [2.75, 3.05) is 17.1 Å². The van der Waals surface area contributed by atoms with E-state index in [-0.39, 0.29) is 18.3 Å². The minimum atomic E-state index is -4.07. The van der Waals surface area contributed by atoms with Crippen LogP contribution in [0.4, 0.5) is 18.9 Å². The number of anilines is 1. The van der Waals surface area contributed by atoms with Crippen molar-refractivity contribution in [2.45, 2.75) is 39.4 Å². The van der Waals surface area contributed by atoms with E-state index < -0.39 is 51.9 Å². The number of benzene rings is 2. The van der Waals surface area contributed by atoms with Crippen LogP contribution in [-0.2, 0) is 26.2 Å². The third-order valence-electron chi connectivity index (χ3n) is 4.73. The summed E-state index contributed by atoms with van der Waals surface area (Å²) in [6.45, 7) is 4.09. The van der Waals surface area contributed by atoms with E-state index in [1.807, 2.05) is 0 Å². The molecule has 33 heavy (non-hydrogen) atoms. The summed E-state index contributed by atoms with van der Waals surface area (Å²) in [5.74, 6) is -4.17. The number of nitrogens with one attached hydrogen (secondary N) is 1.